The molecule has 1 aromatic heterocycles. The lowest BCUT2D eigenvalue weighted by molar-refractivity contribution is -0.432. The second-order valence-electron chi connectivity index (χ2n) is 2.83. The lowest BCUT2D eigenvalue weighted by Crippen LogP contribution is -2.53. The van der Waals surface area contributed by atoms with Crippen LogP contribution < -0.4 is 11.4 Å². The Hall–Kier alpha value is -1.09. The molecule has 12 heavy (non-hydrogen) atoms. The predicted octanol–water partition coefficient (Wildman–Crippen LogP) is 0.723. The Labute approximate surface area is 71.2 Å². The Morgan fingerprint density at radius 1 is 1.58 bits per heavy atom. The third-order valence-electron chi connectivity index (χ3n) is 1.75. The highest BCUT2D eigenvalue weighted by Crippen LogP contribution is 2.10. The molecule has 0 unspecified atom stereocenters. The van der Waals surface area contributed by atoms with Gasteiger partial charge in [0.05, 0.1) is 0 Å². The van der Waals surface area contributed by atoms with Crippen LogP contribution in [0.1, 0.15) is 31.6 Å². The van der Waals surface area contributed by atoms with Crippen molar-refractivity contribution in [3.8, 4) is 0 Å². The maximum atomic E-state index is 10.8. The summed E-state index contributed by atoms with van der Waals surface area (Å²) in [6.07, 6.45) is 2.00. The topological polar surface area (TPSA) is 57.9 Å². The SMILES string of the molecule is CCC[C@@H]([NH3+])c1cccc(=O)o1. The van der Waals surface area contributed by atoms with Gasteiger partial charge >= 0.3 is 5.63 Å². The molecule has 1 atom stereocenters. The Bertz CT molecular complexity index is 293. The minimum atomic E-state index is -0.294. The molecule has 3 nitrogen and oxygen atoms in total. The van der Waals surface area contributed by atoms with Crippen molar-refractivity contribution >= 4 is 0 Å². The van der Waals surface area contributed by atoms with Gasteiger partial charge < -0.3 is 10.2 Å². The van der Waals surface area contributed by atoms with Crippen molar-refractivity contribution in [1.29, 1.82) is 0 Å². The van der Waals surface area contributed by atoms with Gasteiger partial charge in [0, 0.05) is 12.5 Å². The highest BCUT2D eigenvalue weighted by molar-refractivity contribution is 5.01. The standard InChI is InChI=1S/C9H13NO2/c1-2-4-7(10)8-5-3-6-9(11)12-8/h3,5-7H,2,4,10H2,1H3/p+1/t7-/m1/s1. The van der Waals surface area contributed by atoms with Crippen molar-refractivity contribution in [2.24, 2.45) is 0 Å². The normalized spacial score (nSPS) is 12.8. The lowest BCUT2D eigenvalue weighted by atomic mass is 10.1. The first-order valence-electron chi connectivity index (χ1n) is 4.17. The summed E-state index contributed by atoms with van der Waals surface area (Å²) in [5, 5.41) is 0. The van der Waals surface area contributed by atoms with Gasteiger partial charge in [0.1, 0.15) is 6.04 Å². The summed E-state index contributed by atoms with van der Waals surface area (Å²) in [6, 6.07) is 5.01. The zero-order valence-electron chi connectivity index (χ0n) is 7.25. The first-order chi connectivity index (χ1) is 5.74. The maximum Gasteiger partial charge on any atom is 0.336 e. The summed E-state index contributed by atoms with van der Waals surface area (Å²) in [7, 11) is 0. The van der Waals surface area contributed by atoms with Gasteiger partial charge in [-0.15, -0.1) is 0 Å². The summed E-state index contributed by atoms with van der Waals surface area (Å²) in [5.41, 5.74) is 3.61. The van der Waals surface area contributed by atoms with Crippen LogP contribution in [0.5, 0.6) is 0 Å². The molecule has 3 heteroatoms. The van der Waals surface area contributed by atoms with Crippen molar-refractivity contribution in [2.75, 3.05) is 0 Å². The molecule has 0 aliphatic carbocycles. The van der Waals surface area contributed by atoms with Crippen molar-refractivity contribution in [1.82, 2.24) is 0 Å². The zero-order valence-corrected chi connectivity index (χ0v) is 7.25. The van der Waals surface area contributed by atoms with E-state index in [0.29, 0.717) is 5.76 Å². The summed E-state index contributed by atoms with van der Waals surface area (Å²) in [6.45, 7) is 2.08. The third kappa shape index (κ3) is 2.20. The first kappa shape index (κ1) is 9.00. The van der Waals surface area contributed by atoms with Gasteiger partial charge in [0.2, 0.25) is 0 Å². The van der Waals surface area contributed by atoms with E-state index < -0.39 is 0 Å². The van der Waals surface area contributed by atoms with Crippen LogP contribution >= 0.6 is 0 Å². The summed E-state index contributed by atoms with van der Waals surface area (Å²) in [5.74, 6) is 0.685. The van der Waals surface area contributed by atoms with Gasteiger partial charge in [-0.3, -0.25) is 0 Å². The van der Waals surface area contributed by atoms with E-state index in [2.05, 4.69) is 12.7 Å². The second kappa shape index (κ2) is 4.07. The highest BCUT2D eigenvalue weighted by atomic mass is 16.4. The van der Waals surface area contributed by atoms with Crippen molar-refractivity contribution < 1.29 is 10.2 Å². The molecule has 0 aromatic carbocycles. The molecule has 0 aliphatic heterocycles. The van der Waals surface area contributed by atoms with Crippen molar-refractivity contribution in [3.05, 3.63) is 34.4 Å². The first-order valence-corrected chi connectivity index (χ1v) is 4.17. The molecule has 1 rings (SSSR count). The Morgan fingerprint density at radius 3 is 2.92 bits per heavy atom. The molecular formula is C9H14NO2+. The molecule has 66 valence electrons. The van der Waals surface area contributed by atoms with Crippen LogP contribution in [-0.4, -0.2) is 0 Å². The van der Waals surface area contributed by atoms with Crippen LogP contribution in [0.15, 0.2) is 27.4 Å². The molecule has 1 aromatic rings. The zero-order chi connectivity index (χ0) is 8.97. The van der Waals surface area contributed by atoms with Gasteiger partial charge in [-0.1, -0.05) is 19.4 Å². The fraction of sp³-hybridized carbons (Fsp3) is 0.444. The minimum Gasteiger partial charge on any atom is -0.421 e. The predicted molar refractivity (Wildman–Crippen MR) is 45.5 cm³/mol. The van der Waals surface area contributed by atoms with Gasteiger partial charge in [-0.2, -0.15) is 0 Å². The fourth-order valence-corrected chi connectivity index (χ4v) is 1.12. The van der Waals surface area contributed by atoms with E-state index in [0.717, 1.165) is 12.8 Å². The van der Waals surface area contributed by atoms with Gasteiger partial charge in [0.15, 0.2) is 5.76 Å². The molecule has 0 amide bonds. The molecule has 0 saturated heterocycles. The average molecular weight is 168 g/mol. The molecule has 0 saturated carbocycles. The smallest absolute Gasteiger partial charge is 0.336 e. The van der Waals surface area contributed by atoms with E-state index in [4.69, 9.17) is 4.42 Å². The van der Waals surface area contributed by atoms with Gasteiger partial charge in [-0.25, -0.2) is 4.79 Å². The molecular weight excluding hydrogens is 154 g/mol. The maximum absolute atomic E-state index is 10.8. The number of hydrogen-bond donors (Lipinski definition) is 1. The minimum absolute atomic E-state index is 0.101. The Morgan fingerprint density at radius 2 is 2.33 bits per heavy atom. The molecule has 0 aliphatic rings. The Balaban J connectivity index is 2.80. The quantitative estimate of drug-likeness (QED) is 0.723. The summed E-state index contributed by atoms with van der Waals surface area (Å²) in [4.78, 5) is 10.8. The third-order valence-corrected chi connectivity index (χ3v) is 1.75. The van der Waals surface area contributed by atoms with E-state index in [1.807, 2.05) is 0 Å². The fourth-order valence-electron chi connectivity index (χ4n) is 1.12. The summed E-state index contributed by atoms with van der Waals surface area (Å²) >= 11 is 0. The van der Waals surface area contributed by atoms with Gasteiger partial charge in [-0.05, 0) is 6.07 Å². The molecule has 1 heterocycles. The highest BCUT2D eigenvalue weighted by Gasteiger charge is 2.10. The Kier molecular flexibility index (Phi) is 3.05. The van der Waals surface area contributed by atoms with E-state index >= 15 is 0 Å². The van der Waals surface area contributed by atoms with Gasteiger partial charge in [0.25, 0.3) is 0 Å². The molecule has 3 N–H and O–H groups in total. The van der Waals surface area contributed by atoms with Crippen LogP contribution in [-0.2, 0) is 0 Å². The summed E-state index contributed by atoms with van der Waals surface area (Å²) < 4.78 is 4.97. The molecule has 0 spiro atoms. The monoisotopic (exact) mass is 168 g/mol. The van der Waals surface area contributed by atoms with Crippen molar-refractivity contribution in [3.63, 3.8) is 0 Å². The van der Waals surface area contributed by atoms with E-state index in [1.165, 1.54) is 6.07 Å². The lowest BCUT2D eigenvalue weighted by Gasteiger charge is -2.03. The van der Waals surface area contributed by atoms with Crippen LogP contribution in [0, 0.1) is 0 Å². The second-order valence-corrected chi connectivity index (χ2v) is 2.83. The van der Waals surface area contributed by atoms with Crippen molar-refractivity contribution in [2.45, 2.75) is 25.8 Å². The van der Waals surface area contributed by atoms with E-state index in [1.54, 1.807) is 12.1 Å². The molecule has 0 bridgehead atoms. The van der Waals surface area contributed by atoms with Crippen LogP contribution in [0.25, 0.3) is 0 Å². The van der Waals surface area contributed by atoms with Crippen LogP contribution in [0.3, 0.4) is 0 Å². The molecule has 0 fully saturated rings. The van der Waals surface area contributed by atoms with Crippen LogP contribution in [0.4, 0.5) is 0 Å². The number of quaternary nitrogens is 1. The van der Waals surface area contributed by atoms with Crippen LogP contribution in [0.2, 0.25) is 0 Å². The molecule has 0 radical (unpaired) electrons. The average Bonchev–Trinajstić information content (AvgIpc) is 2.05. The largest absolute Gasteiger partial charge is 0.421 e. The van der Waals surface area contributed by atoms with E-state index in [-0.39, 0.29) is 11.7 Å². The van der Waals surface area contributed by atoms with E-state index in [9.17, 15) is 4.79 Å². The number of rotatable bonds is 3. The number of hydrogen-bond acceptors (Lipinski definition) is 2.